The maximum atomic E-state index is 12.5. The summed E-state index contributed by atoms with van der Waals surface area (Å²) in [6.45, 7) is 7.08. The van der Waals surface area contributed by atoms with Gasteiger partial charge in [0.1, 0.15) is 5.75 Å². The molecule has 2 aliphatic rings. The Kier molecular flexibility index (Phi) is 5.84. The molecule has 1 aromatic rings. The van der Waals surface area contributed by atoms with E-state index in [0.29, 0.717) is 19.4 Å². The van der Waals surface area contributed by atoms with Gasteiger partial charge in [0.15, 0.2) is 0 Å². The zero-order valence-electron chi connectivity index (χ0n) is 16.0. The van der Waals surface area contributed by atoms with E-state index in [2.05, 4.69) is 24.4 Å². The largest absolute Gasteiger partial charge is 0.494 e. The molecule has 2 saturated heterocycles. The molecule has 0 aliphatic carbocycles. The van der Waals surface area contributed by atoms with Crippen LogP contribution in [0.4, 0.5) is 0 Å². The molecular weight excluding hydrogens is 328 g/mol. The lowest BCUT2D eigenvalue weighted by Crippen LogP contribution is -2.44. The second-order valence-electron chi connectivity index (χ2n) is 7.72. The number of rotatable bonds is 6. The third-order valence-electron chi connectivity index (χ3n) is 5.77. The van der Waals surface area contributed by atoms with E-state index in [0.717, 1.165) is 56.6 Å². The highest BCUT2D eigenvalue weighted by Gasteiger charge is 2.41. The molecule has 1 N–H and O–H groups in total. The Hall–Kier alpha value is -2.04. The molecule has 0 aromatic heterocycles. The van der Waals surface area contributed by atoms with Crippen molar-refractivity contribution < 1.29 is 14.3 Å². The first-order chi connectivity index (χ1) is 12.5. The normalized spacial score (nSPS) is 18.8. The molecule has 0 unspecified atom stereocenters. The molecule has 2 aliphatic heterocycles. The number of benzene rings is 1. The summed E-state index contributed by atoms with van der Waals surface area (Å²) < 4.78 is 5.57. The van der Waals surface area contributed by atoms with Crippen molar-refractivity contribution in [3.63, 3.8) is 0 Å². The van der Waals surface area contributed by atoms with Gasteiger partial charge in [-0.1, -0.05) is 12.1 Å². The van der Waals surface area contributed by atoms with Crippen LogP contribution in [0.1, 0.15) is 50.2 Å². The summed E-state index contributed by atoms with van der Waals surface area (Å²) in [4.78, 5) is 26.0. The van der Waals surface area contributed by atoms with Crippen molar-refractivity contribution in [2.24, 2.45) is 5.41 Å². The van der Waals surface area contributed by atoms with E-state index in [9.17, 15) is 9.59 Å². The van der Waals surface area contributed by atoms with Crippen LogP contribution in [-0.2, 0) is 16.0 Å². The monoisotopic (exact) mass is 358 g/mol. The van der Waals surface area contributed by atoms with Crippen LogP contribution in [0.5, 0.6) is 5.75 Å². The zero-order valence-corrected chi connectivity index (χ0v) is 16.0. The van der Waals surface area contributed by atoms with Gasteiger partial charge in [0, 0.05) is 32.5 Å². The van der Waals surface area contributed by atoms with E-state index in [4.69, 9.17) is 4.74 Å². The topological polar surface area (TPSA) is 58.6 Å². The number of piperidine rings is 1. The Balaban J connectivity index is 1.42. The van der Waals surface area contributed by atoms with Crippen molar-refractivity contribution in [2.45, 2.75) is 52.4 Å². The molecule has 142 valence electrons. The highest BCUT2D eigenvalue weighted by molar-refractivity contribution is 5.79. The number of ether oxygens (including phenoxy) is 1. The molecule has 1 aromatic carbocycles. The molecule has 5 nitrogen and oxygen atoms in total. The number of aryl methyl sites for hydroxylation is 2. The van der Waals surface area contributed by atoms with Crippen molar-refractivity contribution >= 4 is 11.8 Å². The van der Waals surface area contributed by atoms with Gasteiger partial charge in [0.25, 0.3) is 0 Å². The summed E-state index contributed by atoms with van der Waals surface area (Å²) >= 11 is 0. The maximum absolute atomic E-state index is 12.5. The highest BCUT2D eigenvalue weighted by Crippen LogP contribution is 2.37. The SMILES string of the molecule is CCOc1ccc(CCCC(=O)N2CCC3(CC2)CNC(=O)C3)cc1C. The predicted octanol–water partition coefficient (Wildman–Crippen LogP) is 2.85. The average molecular weight is 358 g/mol. The Morgan fingerprint density at radius 3 is 2.69 bits per heavy atom. The number of nitrogens with zero attached hydrogens (tertiary/aromatic N) is 1. The van der Waals surface area contributed by atoms with Gasteiger partial charge in [-0.2, -0.15) is 0 Å². The summed E-state index contributed by atoms with van der Waals surface area (Å²) in [7, 11) is 0. The smallest absolute Gasteiger partial charge is 0.222 e. The summed E-state index contributed by atoms with van der Waals surface area (Å²) in [6, 6.07) is 6.28. The van der Waals surface area contributed by atoms with Gasteiger partial charge in [-0.15, -0.1) is 0 Å². The van der Waals surface area contributed by atoms with Crippen LogP contribution in [0, 0.1) is 12.3 Å². The minimum atomic E-state index is 0.105. The van der Waals surface area contributed by atoms with Crippen molar-refractivity contribution in [1.82, 2.24) is 10.2 Å². The predicted molar refractivity (Wildman–Crippen MR) is 101 cm³/mol. The first kappa shape index (κ1) is 18.7. The number of hydrogen-bond donors (Lipinski definition) is 1. The van der Waals surface area contributed by atoms with Crippen molar-refractivity contribution in [3.05, 3.63) is 29.3 Å². The molecule has 0 bridgehead atoms. The van der Waals surface area contributed by atoms with Crippen LogP contribution in [0.25, 0.3) is 0 Å². The average Bonchev–Trinajstić information content (AvgIpc) is 2.98. The number of carbonyl (C=O) groups excluding carboxylic acids is 2. The molecule has 0 atom stereocenters. The van der Waals surface area contributed by atoms with E-state index in [-0.39, 0.29) is 17.2 Å². The molecular formula is C21H30N2O3. The van der Waals surface area contributed by atoms with Gasteiger partial charge in [0.05, 0.1) is 6.61 Å². The Bertz CT molecular complexity index is 663. The second-order valence-corrected chi connectivity index (χ2v) is 7.72. The van der Waals surface area contributed by atoms with E-state index in [1.54, 1.807) is 0 Å². The van der Waals surface area contributed by atoms with Crippen LogP contribution in [0.15, 0.2) is 18.2 Å². The third-order valence-corrected chi connectivity index (χ3v) is 5.77. The number of likely N-dealkylation sites (tertiary alicyclic amines) is 1. The van der Waals surface area contributed by atoms with Gasteiger partial charge < -0.3 is 15.0 Å². The number of amides is 2. The third kappa shape index (κ3) is 4.37. The van der Waals surface area contributed by atoms with Gasteiger partial charge in [-0.3, -0.25) is 9.59 Å². The Morgan fingerprint density at radius 2 is 2.08 bits per heavy atom. The van der Waals surface area contributed by atoms with E-state index in [1.165, 1.54) is 5.56 Å². The molecule has 2 fully saturated rings. The standard InChI is InChI=1S/C21H30N2O3/c1-3-26-18-8-7-17(13-16(18)2)5-4-6-20(25)23-11-9-21(10-12-23)14-19(24)22-15-21/h7-8,13H,3-6,9-12,14-15H2,1-2H3,(H,22,24). The molecule has 0 saturated carbocycles. The first-order valence-electron chi connectivity index (χ1n) is 9.78. The lowest BCUT2D eigenvalue weighted by Gasteiger charge is -2.38. The zero-order chi connectivity index (χ0) is 18.6. The molecule has 0 radical (unpaired) electrons. The van der Waals surface area contributed by atoms with Crippen molar-refractivity contribution in [2.75, 3.05) is 26.2 Å². The number of nitrogens with one attached hydrogen (secondary N) is 1. The fraction of sp³-hybridized carbons (Fsp3) is 0.619. The second kappa shape index (κ2) is 8.11. The fourth-order valence-electron chi connectivity index (χ4n) is 4.12. The van der Waals surface area contributed by atoms with Crippen LogP contribution >= 0.6 is 0 Å². The van der Waals surface area contributed by atoms with Gasteiger partial charge >= 0.3 is 0 Å². The lowest BCUT2D eigenvalue weighted by atomic mass is 9.77. The molecule has 5 heteroatoms. The number of hydrogen-bond acceptors (Lipinski definition) is 3. The highest BCUT2D eigenvalue weighted by atomic mass is 16.5. The van der Waals surface area contributed by atoms with Crippen molar-refractivity contribution in [1.29, 1.82) is 0 Å². The lowest BCUT2D eigenvalue weighted by molar-refractivity contribution is -0.133. The molecule has 2 heterocycles. The summed E-state index contributed by atoms with van der Waals surface area (Å²) in [5, 5.41) is 2.94. The molecule has 1 spiro atoms. The van der Waals surface area contributed by atoms with Crippen LogP contribution < -0.4 is 10.1 Å². The van der Waals surface area contributed by atoms with Crippen LogP contribution in [0.3, 0.4) is 0 Å². The van der Waals surface area contributed by atoms with E-state index >= 15 is 0 Å². The molecule has 26 heavy (non-hydrogen) atoms. The van der Waals surface area contributed by atoms with Gasteiger partial charge in [-0.25, -0.2) is 0 Å². The summed E-state index contributed by atoms with van der Waals surface area (Å²) in [5.41, 5.74) is 2.51. The Morgan fingerprint density at radius 1 is 1.31 bits per heavy atom. The Labute approximate surface area is 156 Å². The quantitative estimate of drug-likeness (QED) is 0.851. The fourth-order valence-corrected chi connectivity index (χ4v) is 4.12. The minimum Gasteiger partial charge on any atom is -0.494 e. The van der Waals surface area contributed by atoms with Crippen molar-refractivity contribution in [3.8, 4) is 5.75 Å². The van der Waals surface area contributed by atoms with Crippen LogP contribution in [-0.4, -0.2) is 43.0 Å². The minimum absolute atomic E-state index is 0.105. The van der Waals surface area contributed by atoms with E-state index < -0.39 is 0 Å². The summed E-state index contributed by atoms with van der Waals surface area (Å²) in [6.07, 6.45) is 4.89. The maximum Gasteiger partial charge on any atom is 0.222 e. The first-order valence-corrected chi connectivity index (χ1v) is 9.78. The van der Waals surface area contributed by atoms with E-state index in [1.807, 2.05) is 17.9 Å². The number of carbonyl (C=O) groups is 2. The van der Waals surface area contributed by atoms with Gasteiger partial charge in [-0.05, 0) is 62.1 Å². The summed E-state index contributed by atoms with van der Waals surface area (Å²) in [5.74, 6) is 1.35. The van der Waals surface area contributed by atoms with Crippen LogP contribution in [0.2, 0.25) is 0 Å². The molecule has 3 rings (SSSR count). The molecule has 2 amide bonds. The van der Waals surface area contributed by atoms with Gasteiger partial charge in [0.2, 0.25) is 11.8 Å².